The van der Waals surface area contributed by atoms with E-state index in [1.807, 2.05) is 0 Å². The molecule has 0 aliphatic heterocycles. The van der Waals surface area contributed by atoms with Crippen LogP contribution < -0.4 is 0 Å². The van der Waals surface area contributed by atoms with Crippen molar-refractivity contribution in [2.45, 2.75) is 33.6 Å². The van der Waals surface area contributed by atoms with Crippen LogP contribution in [0, 0.1) is 0 Å². The van der Waals surface area contributed by atoms with E-state index in [1.54, 1.807) is 11.8 Å². The lowest BCUT2D eigenvalue weighted by molar-refractivity contribution is 0.958. The van der Waals surface area contributed by atoms with E-state index in [0.717, 1.165) is 0 Å². The Labute approximate surface area is 86.8 Å². The molecule has 0 aliphatic carbocycles. The number of rotatable bonds is 5. The van der Waals surface area contributed by atoms with Gasteiger partial charge in [0.2, 0.25) is 0 Å². The van der Waals surface area contributed by atoms with Crippen molar-refractivity contribution in [1.29, 1.82) is 0 Å². The topological polar surface area (TPSA) is 0 Å². The highest BCUT2D eigenvalue weighted by Gasteiger charge is 1.88. The number of unbranched alkanes of at least 4 members (excludes halogenated alkanes) is 1. The summed E-state index contributed by atoms with van der Waals surface area (Å²) in [6, 6.07) is 0. The van der Waals surface area contributed by atoms with Gasteiger partial charge in [0, 0.05) is 4.91 Å². The molecule has 0 nitrogen and oxygen atoms in total. The number of hydrogen-bond acceptors (Lipinski definition) is 1. The second-order valence-corrected chi connectivity index (χ2v) is 3.85. The fourth-order valence-electron chi connectivity index (χ4n) is 0.849. The summed E-state index contributed by atoms with van der Waals surface area (Å²) in [5, 5.41) is 0. The van der Waals surface area contributed by atoms with Crippen LogP contribution in [0.15, 0.2) is 34.8 Å². The summed E-state index contributed by atoms with van der Waals surface area (Å²) in [6.45, 7) is 6.40. The van der Waals surface area contributed by atoms with E-state index in [4.69, 9.17) is 0 Å². The lowest BCUT2D eigenvalue weighted by Gasteiger charge is -1.97. The van der Waals surface area contributed by atoms with Gasteiger partial charge in [0.25, 0.3) is 0 Å². The Kier molecular flexibility index (Phi) is 7.91. The molecule has 0 aliphatic rings. The van der Waals surface area contributed by atoms with Crippen LogP contribution in [0.25, 0.3) is 0 Å². The van der Waals surface area contributed by atoms with Gasteiger partial charge in [-0.1, -0.05) is 37.1 Å². The summed E-state index contributed by atoms with van der Waals surface area (Å²) in [6.07, 6.45) is 13.3. The molecule has 0 aromatic rings. The van der Waals surface area contributed by atoms with E-state index in [1.165, 1.54) is 23.3 Å². The van der Waals surface area contributed by atoms with Gasteiger partial charge < -0.3 is 0 Å². The molecule has 0 rings (SSSR count). The summed E-state index contributed by atoms with van der Waals surface area (Å²) in [5.74, 6) is 0. The predicted octanol–water partition coefficient (Wildman–Crippen LogP) is 4.56. The molecule has 0 heterocycles. The Hall–Kier alpha value is -0.430. The summed E-state index contributed by atoms with van der Waals surface area (Å²) >= 11 is 1.80. The summed E-state index contributed by atoms with van der Waals surface area (Å²) in [7, 11) is 0. The maximum Gasteiger partial charge on any atom is 0.00684 e. The van der Waals surface area contributed by atoms with Crippen LogP contribution in [0.3, 0.4) is 0 Å². The quantitative estimate of drug-likeness (QED) is 0.581. The molecule has 0 radical (unpaired) electrons. The van der Waals surface area contributed by atoms with Crippen molar-refractivity contribution in [2.24, 2.45) is 0 Å². The van der Waals surface area contributed by atoms with Crippen molar-refractivity contribution >= 4 is 11.8 Å². The molecule has 0 atom stereocenters. The zero-order valence-electron chi connectivity index (χ0n) is 9.13. The first-order valence-electron chi connectivity index (χ1n) is 4.79. The van der Waals surface area contributed by atoms with E-state index in [2.05, 4.69) is 51.3 Å². The molecule has 0 saturated carbocycles. The van der Waals surface area contributed by atoms with Crippen molar-refractivity contribution in [3.05, 3.63) is 34.8 Å². The van der Waals surface area contributed by atoms with Gasteiger partial charge in [-0.05, 0) is 32.6 Å². The van der Waals surface area contributed by atoms with E-state index in [-0.39, 0.29) is 0 Å². The fraction of sp³-hybridized carbons (Fsp3) is 0.500. The fourth-order valence-corrected chi connectivity index (χ4v) is 1.39. The molecule has 0 amide bonds. The number of hydrogen-bond donors (Lipinski definition) is 0. The number of allylic oxidation sites excluding steroid dienone is 5. The Morgan fingerprint density at radius 2 is 2.08 bits per heavy atom. The van der Waals surface area contributed by atoms with E-state index < -0.39 is 0 Å². The SMILES string of the molecule is C/C=C(C)/C=C(\C=C/CCC)SC. The highest BCUT2D eigenvalue weighted by molar-refractivity contribution is 8.02. The Morgan fingerprint density at radius 3 is 2.54 bits per heavy atom. The number of thioether (sulfide) groups is 1. The van der Waals surface area contributed by atoms with Crippen LogP contribution in [0.1, 0.15) is 33.6 Å². The van der Waals surface area contributed by atoms with Gasteiger partial charge in [-0.2, -0.15) is 0 Å². The van der Waals surface area contributed by atoms with Gasteiger partial charge in [0.05, 0.1) is 0 Å². The zero-order valence-corrected chi connectivity index (χ0v) is 9.95. The Balaban J connectivity index is 4.25. The maximum absolute atomic E-state index is 2.24. The molecule has 0 fully saturated rings. The minimum absolute atomic E-state index is 1.17. The van der Waals surface area contributed by atoms with Gasteiger partial charge in [0.15, 0.2) is 0 Å². The van der Waals surface area contributed by atoms with Gasteiger partial charge in [-0.3, -0.25) is 0 Å². The van der Waals surface area contributed by atoms with Crippen LogP contribution >= 0.6 is 11.8 Å². The lowest BCUT2D eigenvalue weighted by atomic mass is 10.2. The van der Waals surface area contributed by atoms with E-state index >= 15 is 0 Å². The molecule has 0 saturated heterocycles. The third-order valence-electron chi connectivity index (χ3n) is 1.80. The molecule has 0 bridgehead atoms. The van der Waals surface area contributed by atoms with Crippen LogP contribution in [-0.2, 0) is 0 Å². The van der Waals surface area contributed by atoms with E-state index in [9.17, 15) is 0 Å². The monoisotopic (exact) mass is 196 g/mol. The lowest BCUT2D eigenvalue weighted by Crippen LogP contribution is -1.73. The second kappa shape index (κ2) is 8.18. The van der Waals surface area contributed by atoms with Crippen molar-refractivity contribution < 1.29 is 0 Å². The van der Waals surface area contributed by atoms with Crippen LogP contribution in [0.5, 0.6) is 0 Å². The molecular weight excluding hydrogens is 176 g/mol. The van der Waals surface area contributed by atoms with Gasteiger partial charge >= 0.3 is 0 Å². The zero-order chi connectivity index (χ0) is 10.1. The van der Waals surface area contributed by atoms with Crippen molar-refractivity contribution in [2.75, 3.05) is 6.26 Å². The third-order valence-corrected chi connectivity index (χ3v) is 2.52. The first kappa shape index (κ1) is 12.6. The Bertz CT molecular complexity index is 209. The summed E-state index contributed by atoms with van der Waals surface area (Å²) in [4.78, 5) is 1.34. The minimum Gasteiger partial charge on any atom is -0.130 e. The molecule has 13 heavy (non-hydrogen) atoms. The average Bonchev–Trinajstić information content (AvgIpc) is 2.16. The molecule has 0 aromatic carbocycles. The van der Waals surface area contributed by atoms with Gasteiger partial charge in [-0.25, -0.2) is 0 Å². The van der Waals surface area contributed by atoms with Gasteiger partial charge in [-0.15, -0.1) is 11.8 Å². The Morgan fingerprint density at radius 1 is 1.38 bits per heavy atom. The van der Waals surface area contributed by atoms with Crippen LogP contribution in [0.2, 0.25) is 0 Å². The maximum atomic E-state index is 2.24. The summed E-state index contributed by atoms with van der Waals surface area (Å²) < 4.78 is 0. The first-order valence-corrected chi connectivity index (χ1v) is 6.02. The third kappa shape index (κ3) is 6.71. The molecule has 1 heteroatoms. The minimum atomic E-state index is 1.17. The molecular formula is C12H20S. The second-order valence-electron chi connectivity index (χ2n) is 2.97. The predicted molar refractivity (Wildman–Crippen MR) is 65.1 cm³/mol. The normalized spacial score (nSPS) is 14.2. The highest BCUT2D eigenvalue weighted by atomic mass is 32.2. The van der Waals surface area contributed by atoms with Crippen LogP contribution in [0.4, 0.5) is 0 Å². The molecule has 0 aromatic heterocycles. The smallest absolute Gasteiger partial charge is 0.00684 e. The van der Waals surface area contributed by atoms with Crippen molar-refractivity contribution in [3.8, 4) is 0 Å². The molecule has 74 valence electrons. The standard InChI is InChI=1S/C12H20S/c1-5-7-8-9-12(13-4)10-11(3)6-2/h6,8-10H,5,7H2,1-4H3/b9-8-,11-6+,12-10+. The average molecular weight is 196 g/mol. The largest absolute Gasteiger partial charge is 0.130 e. The van der Waals surface area contributed by atoms with Gasteiger partial charge in [0.1, 0.15) is 0 Å². The van der Waals surface area contributed by atoms with Crippen molar-refractivity contribution in [1.82, 2.24) is 0 Å². The first-order chi connectivity index (χ1) is 6.24. The molecule has 0 N–H and O–H groups in total. The van der Waals surface area contributed by atoms with Crippen molar-refractivity contribution in [3.63, 3.8) is 0 Å². The highest BCUT2D eigenvalue weighted by Crippen LogP contribution is 2.16. The molecule has 0 spiro atoms. The van der Waals surface area contributed by atoms with Crippen LogP contribution in [-0.4, -0.2) is 6.26 Å². The summed E-state index contributed by atoms with van der Waals surface area (Å²) in [5.41, 5.74) is 1.32. The molecule has 0 unspecified atom stereocenters. The van der Waals surface area contributed by atoms with E-state index in [0.29, 0.717) is 0 Å².